The third-order valence-electron chi connectivity index (χ3n) is 5.58. The van der Waals surface area contributed by atoms with E-state index in [-0.39, 0.29) is 11.8 Å². The van der Waals surface area contributed by atoms with Gasteiger partial charge in [0.15, 0.2) is 0 Å². The molecule has 3 heteroatoms. The number of fused-ring (bicyclic) bond motifs is 2. The van der Waals surface area contributed by atoms with Crippen molar-refractivity contribution in [1.82, 2.24) is 4.90 Å². The molecule has 1 aliphatic carbocycles. The van der Waals surface area contributed by atoms with Gasteiger partial charge in [-0.25, -0.2) is 0 Å². The maximum Gasteiger partial charge on any atom is 0.230 e. The Kier molecular flexibility index (Phi) is 4.85. The van der Waals surface area contributed by atoms with Crippen molar-refractivity contribution in [1.29, 1.82) is 0 Å². The minimum atomic E-state index is -0.00957. The normalized spacial score (nSPS) is 16.0. The first kappa shape index (κ1) is 17.6. The summed E-state index contributed by atoms with van der Waals surface area (Å²) in [6, 6.07) is 20.8. The van der Waals surface area contributed by atoms with Gasteiger partial charge in [-0.3, -0.25) is 4.79 Å². The number of hydrogen-bond acceptors (Lipinski definition) is 2. The molecule has 0 aromatic heterocycles. The van der Waals surface area contributed by atoms with E-state index in [1.54, 1.807) is 7.11 Å². The summed E-state index contributed by atoms with van der Waals surface area (Å²) in [6.45, 7) is 0.624. The van der Waals surface area contributed by atoms with E-state index in [2.05, 4.69) is 42.5 Å². The number of rotatable bonds is 4. The molecule has 4 rings (SSSR count). The van der Waals surface area contributed by atoms with E-state index in [0.29, 0.717) is 6.54 Å². The van der Waals surface area contributed by atoms with Gasteiger partial charge in [-0.05, 0) is 64.9 Å². The predicted octanol–water partition coefficient (Wildman–Crippen LogP) is 4.93. The Bertz CT molecular complexity index is 979. The summed E-state index contributed by atoms with van der Waals surface area (Å²) < 4.78 is 5.29. The number of nitrogens with zero attached hydrogens (tertiary/aromatic N) is 1. The second kappa shape index (κ2) is 7.43. The monoisotopic (exact) mass is 359 g/mol. The van der Waals surface area contributed by atoms with Crippen LogP contribution < -0.4 is 4.74 Å². The fourth-order valence-electron chi connectivity index (χ4n) is 4.13. The van der Waals surface area contributed by atoms with Crippen LogP contribution in [0.4, 0.5) is 0 Å². The van der Waals surface area contributed by atoms with Crippen molar-refractivity contribution in [3.8, 4) is 5.75 Å². The summed E-state index contributed by atoms with van der Waals surface area (Å²) in [5, 5.41) is 2.31. The highest BCUT2D eigenvalue weighted by Gasteiger charge is 2.28. The molecule has 0 saturated heterocycles. The molecule has 1 unspecified atom stereocenters. The van der Waals surface area contributed by atoms with Gasteiger partial charge in [0.05, 0.1) is 13.0 Å². The van der Waals surface area contributed by atoms with Crippen LogP contribution in [0.2, 0.25) is 0 Å². The summed E-state index contributed by atoms with van der Waals surface area (Å²) in [7, 11) is 3.59. The highest BCUT2D eigenvalue weighted by atomic mass is 16.5. The van der Waals surface area contributed by atoms with Crippen LogP contribution in [0.25, 0.3) is 10.8 Å². The number of benzene rings is 3. The lowest BCUT2D eigenvalue weighted by Gasteiger charge is -2.28. The smallest absolute Gasteiger partial charge is 0.230 e. The molecule has 0 aliphatic heterocycles. The van der Waals surface area contributed by atoms with E-state index in [1.165, 1.54) is 11.1 Å². The topological polar surface area (TPSA) is 29.5 Å². The lowest BCUT2D eigenvalue weighted by atomic mass is 9.82. The van der Waals surface area contributed by atoms with E-state index in [9.17, 15) is 4.79 Å². The molecule has 1 atom stereocenters. The first-order valence-electron chi connectivity index (χ1n) is 9.55. The van der Waals surface area contributed by atoms with E-state index in [0.717, 1.165) is 41.3 Å². The highest BCUT2D eigenvalue weighted by Crippen LogP contribution is 2.33. The first-order valence-corrected chi connectivity index (χ1v) is 9.55. The molecule has 0 radical (unpaired) electrons. The van der Waals surface area contributed by atoms with Crippen LogP contribution in [0.15, 0.2) is 60.7 Å². The molecule has 0 N–H and O–H groups in total. The summed E-state index contributed by atoms with van der Waals surface area (Å²) in [5.74, 6) is 1.07. The molecule has 27 heavy (non-hydrogen) atoms. The van der Waals surface area contributed by atoms with E-state index < -0.39 is 0 Å². The molecule has 3 aromatic carbocycles. The molecular weight excluding hydrogens is 334 g/mol. The number of hydrogen-bond donors (Lipinski definition) is 0. The maximum absolute atomic E-state index is 13.1. The highest BCUT2D eigenvalue weighted by molar-refractivity contribution is 5.86. The SMILES string of the molecule is COc1ccc2cc(CN(C)C(=O)C3CCCc4ccccc43)ccc2c1. The Morgan fingerprint density at radius 2 is 1.85 bits per heavy atom. The maximum atomic E-state index is 13.1. The molecule has 0 fully saturated rings. The number of carbonyl (C=O) groups excluding carboxylic acids is 1. The van der Waals surface area contributed by atoms with Crippen LogP contribution in [0.5, 0.6) is 5.75 Å². The average molecular weight is 359 g/mol. The average Bonchev–Trinajstić information content (AvgIpc) is 2.72. The second-order valence-corrected chi connectivity index (χ2v) is 7.39. The molecule has 1 aliphatic rings. The van der Waals surface area contributed by atoms with E-state index in [1.807, 2.05) is 30.1 Å². The van der Waals surface area contributed by atoms with Crippen molar-refractivity contribution in [2.45, 2.75) is 31.7 Å². The molecule has 0 heterocycles. The molecule has 0 bridgehead atoms. The van der Waals surface area contributed by atoms with Crippen molar-refractivity contribution in [2.24, 2.45) is 0 Å². The molecule has 0 saturated carbocycles. The second-order valence-electron chi connectivity index (χ2n) is 7.39. The van der Waals surface area contributed by atoms with Gasteiger partial charge in [-0.1, -0.05) is 42.5 Å². The van der Waals surface area contributed by atoms with Crippen molar-refractivity contribution < 1.29 is 9.53 Å². The molecule has 1 amide bonds. The van der Waals surface area contributed by atoms with E-state index in [4.69, 9.17) is 4.74 Å². The Morgan fingerprint density at radius 1 is 1.07 bits per heavy atom. The molecule has 138 valence electrons. The van der Waals surface area contributed by atoms with Gasteiger partial charge >= 0.3 is 0 Å². The Morgan fingerprint density at radius 3 is 2.70 bits per heavy atom. The van der Waals surface area contributed by atoms with Crippen LogP contribution in [0.1, 0.15) is 35.4 Å². The van der Waals surface area contributed by atoms with Gasteiger partial charge < -0.3 is 9.64 Å². The Balaban J connectivity index is 1.53. The molecule has 3 nitrogen and oxygen atoms in total. The van der Waals surface area contributed by atoms with Crippen molar-refractivity contribution in [3.05, 3.63) is 77.4 Å². The van der Waals surface area contributed by atoms with Gasteiger partial charge in [0.2, 0.25) is 5.91 Å². The largest absolute Gasteiger partial charge is 0.497 e. The zero-order chi connectivity index (χ0) is 18.8. The number of methoxy groups -OCH3 is 1. The van der Waals surface area contributed by atoms with Crippen molar-refractivity contribution in [3.63, 3.8) is 0 Å². The minimum Gasteiger partial charge on any atom is -0.497 e. The molecule has 3 aromatic rings. The fraction of sp³-hybridized carbons (Fsp3) is 0.292. The number of likely N-dealkylation sites (N-methyl/N-ethyl adjacent to an activating group) is 1. The minimum absolute atomic E-state index is 0.00957. The summed E-state index contributed by atoms with van der Waals surface area (Å²) >= 11 is 0. The van der Waals surface area contributed by atoms with E-state index >= 15 is 0 Å². The lowest BCUT2D eigenvalue weighted by Crippen LogP contribution is -2.33. The number of ether oxygens (including phenoxy) is 1. The third kappa shape index (κ3) is 3.55. The van der Waals surface area contributed by atoms with Crippen LogP contribution in [0.3, 0.4) is 0 Å². The van der Waals surface area contributed by atoms with Gasteiger partial charge in [0, 0.05) is 13.6 Å². The zero-order valence-electron chi connectivity index (χ0n) is 15.9. The predicted molar refractivity (Wildman–Crippen MR) is 109 cm³/mol. The third-order valence-corrected chi connectivity index (χ3v) is 5.58. The standard InChI is InChI=1S/C24H25NO2/c1-25(24(26)23-9-5-7-18-6-3-4-8-22(18)23)16-17-10-11-20-15-21(27-2)13-12-19(20)14-17/h3-4,6,8,10-15,23H,5,7,9,16H2,1-2H3. The summed E-state index contributed by atoms with van der Waals surface area (Å²) in [5.41, 5.74) is 3.69. The van der Waals surface area contributed by atoms with Gasteiger partial charge in [-0.15, -0.1) is 0 Å². The van der Waals surface area contributed by atoms with Gasteiger partial charge in [0.25, 0.3) is 0 Å². The summed E-state index contributed by atoms with van der Waals surface area (Å²) in [6.07, 6.45) is 3.11. The first-order chi connectivity index (χ1) is 13.2. The van der Waals surface area contributed by atoms with Crippen LogP contribution >= 0.6 is 0 Å². The quantitative estimate of drug-likeness (QED) is 0.661. The molecule has 0 spiro atoms. The van der Waals surface area contributed by atoms with Crippen LogP contribution in [-0.2, 0) is 17.8 Å². The van der Waals surface area contributed by atoms with Gasteiger partial charge in [0.1, 0.15) is 5.75 Å². The number of amides is 1. The van der Waals surface area contributed by atoms with Crippen molar-refractivity contribution in [2.75, 3.05) is 14.2 Å². The van der Waals surface area contributed by atoms with Gasteiger partial charge in [-0.2, -0.15) is 0 Å². The zero-order valence-corrected chi connectivity index (χ0v) is 15.9. The number of aryl methyl sites for hydroxylation is 1. The van der Waals surface area contributed by atoms with Crippen molar-refractivity contribution >= 4 is 16.7 Å². The lowest BCUT2D eigenvalue weighted by molar-refractivity contribution is -0.132. The van der Waals surface area contributed by atoms with Crippen LogP contribution in [-0.4, -0.2) is 25.0 Å². The Hall–Kier alpha value is -2.81. The fourth-order valence-corrected chi connectivity index (χ4v) is 4.13. The Labute approximate surface area is 160 Å². The molecular formula is C24H25NO2. The summed E-state index contributed by atoms with van der Waals surface area (Å²) in [4.78, 5) is 15.0. The number of carbonyl (C=O) groups is 1. The van der Waals surface area contributed by atoms with Crippen LogP contribution in [0, 0.1) is 0 Å².